The molecule has 0 aliphatic rings. The summed E-state index contributed by atoms with van der Waals surface area (Å²) in [6.07, 6.45) is 0. The summed E-state index contributed by atoms with van der Waals surface area (Å²) in [7, 11) is 0. The topological polar surface area (TPSA) is 84.2 Å². The monoisotopic (exact) mass is 132 g/mol. The van der Waals surface area contributed by atoms with Crippen LogP contribution in [0.15, 0.2) is 0 Å². The van der Waals surface area contributed by atoms with Gasteiger partial charge < -0.3 is 11.0 Å². The first-order valence-electron chi connectivity index (χ1n) is 2.41. The fourth-order valence-electron chi connectivity index (χ4n) is 0. The zero-order valence-corrected chi connectivity index (χ0v) is 5.89. The van der Waals surface area contributed by atoms with Crippen LogP contribution in [0.2, 0.25) is 0 Å². The summed E-state index contributed by atoms with van der Waals surface area (Å²) in [6.45, 7) is 4.74. The molecule has 4 heteroatoms. The van der Waals surface area contributed by atoms with Crippen LogP contribution in [0.4, 0.5) is 0 Å². The SMILES string of the molecule is CC(=N)N.CC(C)=[O+][O-]. The van der Waals surface area contributed by atoms with Crippen LogP contribution in [0, 0.1) is 5.41 Å². The number of carbonyl (C=O) groups excluding carboxylic acids is 1. The molecule has 0 aliphatic heterocycles. The van der Waals surface area contributed by atoms with Gasteiger partial charge in [-0.2, -0.15) is 4.58 Å². The Morgan fingerprint density at radius 2 is 1.56 bits per heavy atom. The molecule has 3 N–H and O–H groups in total. The van der Waals surface area contributed by atoms with Crippen LogP contribution in [-0.4, -0.2) is 11.6 Å². The van der Waals surface area contributed by atoms with Crippen molar-refractivity contribution in [2.45, 2.75) is 20.8 Å². The highest BCUT2D eigenvalue weighted by Crippen LogP contribution is 1.54. The Morgan fingerprint density at radius 3 is 1.56 bits per heavy atom. The van der Waals surface area contributed by atoms with Crippen molar-refractivity contribution >= 4 is 11.6 Å². The molecular weight excluding hydrogens is 120 g/mol. The van der Waals surface area contributed by atoms with Crippen LogP contribution < -0.4 is 11.0 Å². The third-order valence-electron chi connectivity index (χ3n) is 0.167. The fourth-order valence-corrected chi connectivity index (χ4v) is 0. The fraction of sp³-hybridized carbons (Fsp3) is 0.600. The van der Waals surface area contributed by atoms with Crippen LogP contribution in [0.5, 0.6) is 0 Å². The summed E-state index contributed by atoms with van der Waals surface area (Å²) >= 11 is 0. The average molecular weight is 132 g/mol. The number of nitrogens with one attached hydrogen (secondary N) is 1. The zero-order chi connectivity index (χ0) is 7.86. The van der Waals surface area contributed by atoms with E-state index in [0.717, 1.165) is 0 Å². The predicted molar refractivity (Wildman–Crippen MR) is 33.9 cm³/mol. The first-order valence-corrected chi connectivity index (χ1v) is 2.41. The largest absolute Gasteiger partial charge is 0.463 e. The van der Waals surface area contributed by atoms with Crippen molar-refractivity contribution in [2.75, 3.05) is 0 Å². The molecule has 0 aliphatic carbocycles. The highest BCUT2D eigenvalue weighted by Gasteiger charge is 1.80. The lowest BCUT2D eigenvalue weighted by Gasteiger charge is -1.66. The lowest BCUT2D eigenvalue weighted by molar-refractivity contribution is -1.05. The maximum Gasteiger partial charge on any atom is 0.323 e. The van der Waals surface area contributed by atoms with E-state index in [0.29, 0.717) is 5.78 Å². The normalized spacial score (nSPS) is 6.56. The van der Waals surface area contributed by atoms with Crippen molar-refractivity contribution in [3.8, 4) is 0 Å². The molecule has 54 valence electrons. The molecule has 0 aromatic heterocycles. The summed E-state index contributed by atoms with van der Waals surface area (Å²) in [5, 5.41) is 15.4. The highest BCUT2D eigenvalue weighted by molar-refractivity contribution is 5.73. The maximum absolute atomic E-state index is 9.09. The third kappa shape index (κ3) is 192. The molecule has 0 bridgehead atoms. The minimum absolute atomic E-state index is 0.167. The summed E-state index contributed by atoms with van der Waals surface area (Å²) in [5.41, 5.74) is 4.69. The van der Waals surface area contributed by atoms with Gasteiger partial charge in [-0.3, -0.25) is 5.41 Å². The van der Waals surface area contributed by atoms with Crippen LogP contribution in [-0.2, 0) is 4.58 Å². The van der Waals surface area contributed by atoms with Gasteiger partial charge in [-0.25, -0.2) is 0 Å². The van der Waals surface area contributed by atoms with E-state index in [1.807, 2.05) is 0 Å². The van der Waals surface area contributed by atoms with Crippen molar-refractivity contribution in [2.24, 2.45) is 5.73 Å². The van der Waals surface area contributed by atoms with E-state index in [9.17, 15) is 0 Å². The van der Waals surface area contributed by atoms with E-state index in [4.69, 9.17) is 16.4 Å². The van der Waals surface area contributed by atoms with Gasteiger partial charge in [-0.1, -0.05) is 0 Å². The quantitative estimate of drug-likeness (QED) is 0.151. The summed E-state index contributed by atoms with van der Waals surface area (Å²) in [6, 6.07) is 0. The van der Waals surface area contributed by atoms with Gasteiger partial charge in [0.25, 0.3) is 0 Å². The number of amidine groups is 1. The second-order valence-electron chi connectivity index (χ2n) is 1.67. The molecule has 0 saturated heterocycles. The Hall–Kier alpha value is -1.06. The Balaban J connectivity index is 0. The molecule has 0 amide bonds. The molecule has 9 heavy (non-hydrogen) atoms. The minimum Gasteiger partial charge on any atom is -0.463 e. The molecule has 0 unspecified atom stereocenters. The van der Waals surface area contributed by atoms with Crippen molar-refractivity contribution < 1.29 is 9.83 Å². The van der Waals surface area contributed by atoms with Gasteiger partial charge in [-0.15, -0.1) is 0 Å². The summed E-state index contributed by atoms with van der Waals surface area (Å²) < 4.78 is 3.42. The van der Waals surface area contributed by atoms with E-state index < -0.39 is 0 Å². The number of ketones is 1. The molecule has 0 heterocycles. The van der Waals surface area contributed by atoms with E-state index in [2.05, 4.69) is 4.58 Å². The van der Waals surface area contributed by atoms with Crippen molar-refractivity contribution in [3.63, 3.8) is 0 Å². The Morgan fingerprint density at radius 1 is 1.44 bits per heavy atom. The van der Waals surface area contributed by atoms with E-state index in [-0.39, 0.29) is 5.84 Å². The smallest absolute Gasteiger partial charge is 0.323 e. The van der Waals surface area contributed by atoms with Crippen molar-refractivity contribution in [1.82, 2.24) is 0 Å². The Kier molecular flexibility index (Phi) is 8.36. The van der Waals surface area contributed by atoms with Crippen LogP contribution in [0.3, 0.4) is 0 Å². The van der Waals surface area contributed by atoms with E-state index in [1.54, 1.807) is 13.8 Å². The number of nitrogens with two attached hydrogens (primary N) is 1. The third-order valence-corrected chi connectivity index (χ3v) is 0.167. The summed E-state index contributed by atoms with van der Waals surface area (Å²) in [4.78, 5) is 0. The highest BCUT2D eigenvalue weighted by atomic mass is 17.1. The van der Waals surface area contributed by atoms with E-state index >= 15 is 0 Å². The molecule has 0 saturated carbocycles. The lowest BCUT2D eigenvalue weighted by Crippen LogP contribution is -2.00. The average Bonchev–Trinajstić information content (AvgIpc) is 1.65. The molecule has 0 rings (SSSR count). The second-order valence-corrected chi connectivity index (χ2v) is 1.67. The van der Waals surface area contributed by atoms with Gasteiger partial charge in [0.1, 0.15) is 0 Å². The standard InChI is InChI=1S/C3H6O2.C2H6N2/c1-3(2)5-4;1-2(3)4/h1-2H3;1H3,(H3,3,4). The lowest BCUT2D eigenvalue weighted by atomic mass is 10.5. The molecule has 0 radical (unpaired) electrons. The first kappa shape index (κ1) is 10.8. The molecule has 0 spiro atoms. The van der Waals surface area contributed by atoms with Crippen LogP contribution >= 0.6 is 0 Å². The molecule has 0 atom stereocenters. The maximum atomic E-state index is 9.09. The van der Waals surface area contributed by atoms with Gasteiger partial charge in [0.05, 0.1) is 19.7 Å². The van der Waals surface area contributed by atoms with Gasteiger partial charge >= 0.3 is 5.78 Å². The first-order chi connectivity index (χ1) is 4.00. The van der Waals surface area contributed by atoms with Crippen LogP contribution in [0.25, 0.3) is 0 Å². The van der Waals surface area contributed by atoms with Gasteiger partial charge in [0.15, 0.2) is 0 Å². The summed E-state index contributed by atoms with van der Waals surface area (Å²) in [5.74, 6) is 0.616. The van der Waals surface area contributed by atoms with Gasteiger partial charge in [-0.05, 0) is 6.92 Å². The van der Waals surface area contributed by atoms with Gasteiger partial charge in [0, 0.05) is 0 Å². The van der Waals surface area contributed by atoms with Crippen molar-refractivity contribution in [3.05, 3.63) is 0 Å². The van der Waals surface area contributed by atoms with E-state index in [1.165, 1.54) is 6.92 Å². The number of hydrogen-bond donors (Lipinski definition) is 2. The van der Waals surface area contributed by atoms with Crippen molar-refractivity contribution in [1.29, 1.82) is 5.41 Å². The molecule has 4 nitrogen and oxygen atoms in total. The molecule has 0 aromatic carbocycles. The minimum atomic E-state index is 0.167. The Bertz CT molecular complexity index is 102. The number of hydrogen-bond acceptors (Lipinski definition) is 2. The number of rotatable bonds is 0. The predicted octanol–water partition coefficient (Wildman–Crippen LogP) is -0.651. The molecule has 0 aromatic rings. The molecular formula is C5H12N2O2. The molecule has 0 fully saturated rings. The second kappa shape index (κ2) is 6.94. The zero-order valence-electron chi connectivity index (χ0n) is 5.89. The van der Waals surface area contributed by atoms with Gasteiger partial charge in [0.2, 0.25) is 0 Å². The van der Waals surface area contributed by atoms with Crippen LogP contribution in [0.1, 0.15) is 20.8 Å². The Labute approximate surface area is 54.4 Å².